The zero-order valence-corrected chi connectivity index (χ0v) is 9.34. The maximum absolute atomic E-state index is 11.7. The highest BCUT2D eigenvalue weighted by molar-refractivity contribution is 7.89. The number of anilines is 1. The number of hydrogen-bond acceptors (Lipinski definition) is 4. The lowest BCUT2D eigenvalue weighted by atomic mass is 10.2. The molecule has 6 heteroatoms. The third-order valence-corrected chi connectivity index (χ3v) is 3.54. The van der Waals surface area contributed by atoms with E-state index in [2.05, 4.69) is 4.72 Å². The van der Waals surface area contributed by atoms with Gasteiger partial charge in [0.1, 0.15) is 0 Å². The molecule has 0 aromatic heterocycles. The zero-order valence-electron chi connectivity index (χ0n) is 8.53. The normalized spacial score (nSPS) is 11.6. The van der Waals surface area contributed by atoms with Crippen LogP contribution in [0.3, 0.4) is 0 Å². The van der Waals surface area contributed by atoms with E-state index >= 15 is 0 Å². The largest absolute Gasteiger partial charge is 0.399 e. The van der Waals surface area contributed by atoms with Crippen molar-refractivity contribution in [3.8, 4) is 0 Å². The second-order valence-corrected chi connectivity index (χ2v) is 4.95. The van der Waals surface area contributed by atoms with Crippen molar-refractivity contribution in [2.24, 2.45) is 5.73 Å². The van der Waals surface area contributed by atoms with E-state index in [1.807, 2.05) is 0 Å². The van der Waals surface area contributed by atoms with Crippen molar-refractivity contribution in [1.29, 1.82) is 0 Å². The maximum Gasteiger partial charge on any atom is 0.240 e. The molecule has 0 saturated heterocycles. The number of nitrogen functional groups attached to an aromatic ring is 1. The van der Waals surface area contributed by atoms with Crippen molar-refractivity contribution < 1.29 is 8.42 Å². The van der Waals surface area contributed by atoms with Gasteiger partial charge in [-0.1, -0.05) is 6.07 Å². The van der Waals surface area contributed by atoms with Crippen LogP contribution in [-0.2, 0) is 10.0 Å². The van der Waals surface area contributed by atoms with Gasteiger partial charge < -0.3 is 11.5 Å². The van der Waals surface area contributed by atoms with Gasteiger partial charge >= 0.3 is 0 Å². The number of hydrogen-bond donors (Lipinski definition) is 3. The standard InChI is InChI=1S/C9H15N3O2S/c1-7-2-3-8(11)6-9(7)15(13,14)12-5-4-10/h2-3,6,12H,4-5,10-11H2,1H3. The van der Waals surface area contributed by atoms with Gasteiger partial charge in [0.2, 0.25) is 10.0 Å². The molecule has 0 saturated carbocycles. The first-order valence-electron chi connectivity index (χ1n) is 4.53. The average Bonchev–Trinajstić information content (AvgIpc) is 2.18. The van der Waals surface area contributed by atoms with Crippen molar-refractivity contribution in [1.82, 2.24) is 4.72 Å². The first-order valence-corrected chi connectivity index (χ1v) is 6.01. The molecule has 0 radical (unpaired) electrons. The fourth-order valence-corrected chi connectivity index (χ4v) is 2.50. The van der Waals surface area contributed by atoms with Crippen LogP contribution in [0.4, 0.5) is 5.69 Å². The van der Waals surface area contributed by atoms with Gasteiger partial charge in [-0.05, 0) is 24.6 Å². The van der Waals surface area contributed by atoms with Crippen LogP contribution in [0.5, 0.6) is 0 Å². The summed E-state index contributed by atoms with van der Waals surface area (Å²) in [7, 11) is -3.49. The van der Waals surface area contributed by atoms with Crippen LogP contribution in [0.2, 0.25) is 0 Å². The Hall–Kier alpha value is -1.11. The maximum atomic E-state index is 11.7. The highest BCUT2D eigenvalue weighted by atomic mass is 32.2. The minimum Gasteiger partial charge on any atom is -0.399 e. The molecule has 0 aliphatic carbocycles. The van der Waals surface area contributed by atoms with E-state index in [0.29, 0.717) is 11.3 Å². The Morgan fingerprint density at radius 3 is 2.67 bits per heavy atom. The van der Waals surface area contributed by atoms with Crippen molar-refractivity contribution in [2.45, 2.75) is 11.8 Å². The first kappa shape index (κ1) is 12.0. The lowest BCUT2D eigenvalue weighted by molar-refractivity contribution is 0.581. The van der Waals surface area contributed by atoms with Gasteiger partial charge in [-0.3, -0.25) is 0 Å². The summed E-state index contributed by atoms with van der Waals surface area (Å²) < 4.78 is 25.9. The van der Waals surface area contributed by atoms with Crippen molar-refractivity contribution in [2.75, 3.05) is 18.8 Å². The Bertz CT molecular complexity index is 443. The smallest absolute Gasteiger partial charge is 0.240 e. The molecule has 0 bridgehead atoms. The Labute approximate surface area is 89.5 Å². The molecule has 0 heterocycles. The summed E-state index contributed by atoms with van der Waals surface area (Å²) in [6.07, 6.45) is 0. The molecule has 1 aromatic rings. The van der Waals surface area contributed by atoms with Gasteiger partial charge in [-0.25, -0.2) is 13.1 Å². The third kappa shape index (κ3) is 2.92. The average molecular weight is 229 g/mol. The highest BCUT2D eigenvalue weighted by Crippen LogP contribution is 2.17. The predicted octanol–water partition coefficient (Wildman–Crippen LogP) is -0.186. The molecule has 0 aliphatic rings. The molecule has 1 aromatic carbocycles. The van der Waals surface area contributed by atoms with Crippen LogP contribution >= 0.6 is 0 Å². The second kappa shape index (κ2) is 4.61. The van der Waals surface area contributed by atoms with Crippen molar-refractivity contribution in [3.63, 3.8) is 0 Å². The molecule has 15 heavy (non-hydrogen) atoms. The topological polar surface area (TPSA) is 98.2 Å². The van der Waals surface area contributed by atoms with E-state index in [-0.39, 0.29) is 18.0 Å². The van der Waals surface area contributed by atoms with Crippen LogP contribution < -0.4 is 16.2 Å². The summed E-state index contributed by atoms with van der Waals surface area (Å²) >= 11 is 0. The Morgan fingerprint density at radius 1 is 1.40 bits per heavy atom. The van der Waals surface area contributed by atoms with Crippen molar-refractivity contribution >= 4 is 15.7 Å². The molecule has 5 N–H and O–H groups in total. The summed E-state index contributed by atoms with van der Waals surface area (Å²) in [6, 6.07) is 4.78. The SMILES string of the molecule is Cc1ccc(N)cc1S(=O)(=O)NCCN. The monoisotopic (exact) mass is 229 g/mol. The molecule has 0 atom stereocenters. The molecular formula is C9H15N3O2S. The third-order valence-electron chi connectivity index (χ3n) is 1.94. The van der Waals surface area contributed by atoms with Crippen LogP contribution in [-0.4, -0.2) is 21.5 Å². The Morgan fingerprint density at radius 2 is 2.07 bits per heavy atom. The van der Waals surface area contributed by atoms with Crippen molar-refractivity contribution in [3.05, 3.63) is 23.8 Å². The fraction of sp³-hybridized carbons (Fsp3) is 0.333. The summed E-state index contributed by atoms with van der Waals surface area (Å²) in [5.74, 6) is 0. The zero-order chi connectivity index (χ0) is 11.5. The van der Waals surface area contributed by atoms with E-state index in [1.54, 1.807) is 19.1 Å². The van der Waals surface area contributed by atoms with Gasteiger partial charge in [0.25, 0.3) is 0 Å². The predicted molar refractivity (Wildman–Crippen MR) is 59.8 cm³/mol. The molecule has 5 nitrogen and oxygen atoms in total. The molecule has 84 valence electrons. The van der Waals surface area contributed by atoms with E-state index in [9.17, 15) is 8.42 Å². The van der Waals surface area contributed by atoms with Gasteiger partial charge in [-0.15, -0.1) is 0 Å². The van der Waals surface area contributed by atoms with E-state index in [0.717, 1.165) is 0 Å². The second-order valence-electron chi connectivity index (χ2n) is 3.21. The fourth-order valence-electron chi connectivity index (χ4n) is 1.18. The lowest BCUT2D eigenvalue weighted by Gasteiger charge is -2.08. The molecular weight excluding hydrogens is 214 g/mol. The molecule has 1 rings (SSSR count). The number of sulfonamides is 1. The summed E-state index contributed by atoms with van der Waals surface area (Å²) in [5.41, 5.74) is 11.9. The quantitative estimate of drug-likeness (QED) is 0.623. The van der Waals surface area contributed by atoms with Gasteiger partial charge in [0.15, 0.2) is 0 Å². The van der Waals surface area contributed by atoms with Gasteiger partial charge in [0, 0.05) is 18.8 Å². The number of benzene rings is 1. The first-order chi connectivity index (χ1) is 6.97. The Kier molecular flexibility index (Phi) is 3.67. The minimum atomic E-state index is -3.49. The summed E-state index contributed by atoms with van der Waals surface area (Å²) in [5, 5.41) is 0. The van der Waals surface area contributed by atoms with Crippen LogP contribution in [0.1, 0.15) is 5.56 Å². The molecule has 0 fully saturated rings. The summed E-state index contributed by atoms with van der Waals surface area (Å²) in [6.45, 7) is 2.20. The number of nitrogens with one attached hydrogen (secondary N) is 1. The molecule has 0 unspecified atom stereocenters. The highest BCUT2D eigenvalue weighted by Gasteiger charge is 2.15. The summed E-state index contributed by atoms with van der Waals surface area (Å²) in [4.78, 5) is 0.205. The van der Waals surface area contributed by atoms with Crippen LogP contribution in [0.25, 0.3) is 0 Å². The number of nitrogens with two attached hydrogens (primary N) is 2. The van der Waals surface area contributed by atoms with E-state index in [1.165, 1.54) is 6.07 Å². The lowest BCUT2D eigenvalue weighted by Crippen LogP contribution is -2.29. The number of aryl methyl sites for hydroxylation is 1. The van der Waals surface area contributed by atoms with Gasteiger partial charge in [-0.2, -0.15) is 0 Å². The molecule has 0 amide bonds. The van der Waals surface area contributed by atoms with Crippen LogP contribution in [0, 0.1) is 6.92 Å². The molecule has 0 aliphatic heterocycles. The van der Waals surface area contributed by atoms with Gasteiger partial charge in [0.05, 0.1) is 4.90 Å². The number of rotatable bonds is 4. The van der Waals surface area contributed by atoms with Crippen LogP contribution in [0.15, 0.2) is 23.1 Å². The van der Waals surface area contributed by atoms with E-state index in [4.69, 9.17) is 11.5 Å². The van der Waals surface area contributed by atoms with E-state index < -0.39 is 10.0 Å². The Balaban J connectivity index is 3.09. The molecule has 0 spiro atoms. The minimum absolute atomic E-state index is 0.205.